The van der Waals surface area contributed by atoms with Crippen LogP contribution in [0, 0.1) is 0 Å². The SMILES string of the molecule is O=C1COc2ccc(C(=O)Nc3ccccc3O)cc2N1. The maximum atomic E-state index is 12.2. The summed E-state index contributed by atoms with van der Waals surface area (Å²) in [5, 5.41) is 14.9. The molecule has 0 saturated carbocycles. The number of carbonyl (C=O) groups excluding carboxylic acids is 2. The monoisotopic (exact) mass is 284 g/mol. The number of anilines is 2. The number of para-hydroxylation sites is 2. The van der Waals surface area contributed by atoms with Gasteiger partial charge in [-0.1, -0.05) is 12.1 Å². The summed E-state index contributed by atoms with van der Waals surface area (Å²) in [5.41, 5.74) is 1.12. The van der Waals surface area contributed by atoms with Crippen molar-refractivity contribution < 1.29 is 19.4 Å². The van der Waals surface area contributed by atoms with Crippen LogP contribution in [0.5, 0.6) is 11.5 Å². The molecule has 0 aliphatic carbocycles. The van der Waals surface area contributed by atoms with E-state index >= 15 is 0 Å². The fraction of sp³-hybridized carbons (Fsp3) is 0.0667. The Kier molecular flexibility index (Phi) is 3.19. The summed E-state index contributed by atoms with van der Waals surface area (Å²) in [5.74, 6) is -0.144. The van der Waals surface area contributed by atoms with Crippen molar-refractivity contribution >= 4 is 23.2 Å². The van der Waals surface area contributed by atoms with Gasteiger partial charge in [0.25, 0.3) is 11.8 Å². The van der Waals surface area contributed by atoms with E-state index in [1.54, 1.807) is 30.3 Å². The summed E-state index contributed by atoms with van der Waals surface area (Å²) in [6.07, 6.45) is 0. The summed E-state index contributed by atoms with van der Waals surface area (Å²) in [7, 11) is 0. The van der Waals surface area contributed by atoms with E-state index in [1.807, 2.05) is 0 Å². The molecule has 106 valence electrons. The van der Waals surface area contributed by atoms with Gasteiger partial charge in [-0.15, -0.1) is 0 Å². The molecule has 2 amide bonds. The normalized spacial score (nSPS) is 12.9. The first-order valence-electron chi connectivity index (χ1n) is 6.29. The van der Waals surface area contributed by atoms with Gasteiger partial charge in [-0.2, -0.15) is 0 Å². The average Bonchev–Trinajstić information content (AvgIpc) is 2.48. The van der Waals surface area contributed by atoms with E-state index in [4.69, 9.17) is 4.74 Å². The molecule has 1 aliphatic heterocycles. The number of phenols is 1. The van der Waals surface area contributed by atoms with Crippen LogP contribution < -0.4 is 15.4 Å². The maximum Gasteiger partial charge on any atom is 0.262 e. The van der Waals surface area contributed by atoms with E-state index in [9.17, 15) is 14.7 Å². The summed E-state index contributed by atoms with van der Waals surface area (Å²) in [6, 6.07) is 11.2. The Hall–Kier alpha value is -3.02. The molecular weight excluding hydrogens is 272 g/mol. The number of hydrogen-bond donors (Lipinski definition) is 3. The molecule has 0 radical (unpaired) electrons. The van der Waals surface area contributed by atoms with E-state index in [1.165, 1.54) is 12.1 Å². The molecule has 1 aliphatic rings. The van der Waals surface area contributed by atoms with Crippen LogP contribution >= 0.6 is 0 Å². The van der Waals surface area contributed by atoms with E-state index in [-0.39, 0.29) is 24.2 Å². The Balaban J connectivity index is 1.84. The van der Waals surface area contributed by atoms with Gasteiger partial charge in [-0.25, -0.2) is 0 Å². The summed E-state index contributed by atoms with van der Waals surface area (Å²) < 4.78 is 5.22. The zero-order valence-corrected chi connectivity index (χ0v) is 10.9. The number of fused-ring (bicyclic) bond motifs is 1. The highest BCUT2D eigenvalue weighted by molar-refractivity contribution is 6.06. The average molecular weight is 284 g/mol. The number of aromatic hydroxyl groups is 1. The quantitative estimate of drug-likeness (QED) is 0.736. The minimum Gasteiger partial charge on any atom is -0.506 e. The van der Waals surface area contributed by atoms with Gasteiger partial charge in [0.2, 0.25) is 0 Å². The molecule has 6 nitrogen and oxygen atoms in total. The molecule has 3 rings (SSSR count). The first-order valence-corrected chi connectivity index (χ1v) is 6.29. The van der Waals surface area contributed by atoms with E-state index in [2.05, 4.69) is 10.6 Å². The lowest BCUT2D eigenvalue weighted by molar-refractivity contribution is -0.118. The highest BCUT2D eigenvalue weighted by Gasteiger charge is 2.18. The van der Waals surface area contributed by atoms with Gasteiger partial charge in [-0.3, -0.25) is 9.59 Å². The predicted molar refractivity (Wildman–Crippen MR) is 76.6 cm³/mol. The van der Waals surface area contributed by atoms with Gasteiger partial charge in [0.05, 0.1) is 11.4 Å². The molecule has 0 saturated heterocycles. The molecule has 0 bridgehead atoms. The van der Waals surface area contributed by atoms with Crippen LogP contribution in [-0.4, -0.2) is 23.5 Å². The Morgan fingerprint density at radius 2 is 2.05 bits per heavy atom. The highest BCUT2D eigenvalue weighted by Crippen LogP contribution is 2.29. The number of amides is 2. The molecule has 2 aromatic carbocycles. The van der Waals surface area contributed by atoms with Gasteiger partial charge in [0.15, 0.2) is 6.61 Å². The number of phenolic OH excluding ortho intramolecular Hbond substituents is 1. The minimum atomic E-state index is -0.390. The van der Waals surface area contributed by atoms with Crippen LogP contribution in [-0.2, 0) is 4.79 Å². The van der Waals surface area contributed by atoms with Gasteiger partial charge in [0, 0.05) is 5.56 Å². The third kappa shape index (κ3) is 2.64. The second-order valence-electron chi connectivity index (χ2n) is 4.52. The van der Waals surface area contributed by atoms with Crippen molar-refractivity contribution in [2.75, 3.05) is 17.2 Å². The standard InChI is InChI=1S/C15H12N2O4/c18-12-4-2-1-3-10(12)17-15(20)9-5-6-13-11(7-9)16-14(19)8-21-13/h1-7,18H,8H2,(H,16,19)(H,17,20). The predicted octanol–water partition coefficient (Wildman–Crippen LogP) is 1.98. The number of ether oxygens (including phenoxy) is 1. The van der Waals surface area contributed by atoms with Crippen molar-refractivity contribution in [1.82, 2.24) is 0 Å². The van der Waals surface area contributed by atoms with Crippen molar-refractivity contribution in [2.45, 2.75) is 0 Å². The molecular formula is C15H12N2O4. The number of carbonyl (C=O) groups is 2. The van der Waals surface area contributed by atoms with Gasteiger partial charge >= 0.3 is 0 Å². The molecule has 0 spiro atoms. The topological polar surface area (TPSA) is 87.7 Å². The lowest BCUT2D eigenvalue weighted by atomic mass is 10.1. The molecule has 0 aromatic heterocycles. The second kappa shape index (κ2) is 5.16. The fourth-order valence-electron chi connectivity index (χ4n) is 2.00. The Morgan fingerprint density at radius 1 is 1.24 bits per heavy atom. The summed E-state index contributed by atoms with van der Waals surface area (Å²) in [6.45, 7) is -0.0313. The van der Waals surface area contributed by atoms with Gasteiger partial charge < -0.3 is 20.5 Å². The molecule has 6 heteroatoms. The third-order valence-electron chi connectivity index (χ3n) is 3.03. The Labute approximate surface area is 120 Å². The van der Waals surface area contributed by atoms with Crippen LogP contribution in [0.15, 0.2) is 42.5 Å². The number of nitrogens with one attached hydrogen (secondary N) is 2. The summed E-state index contributed by atoms with van der Waals surface area (Å²) >= 11 is 0. The van der Waals surface area contributed by atoms with Gasteiger partial charge in [0.1, 0.15) is 11.5 Å². The largest absolute Gasteiger partial charge is 0.506 e. The van der Waals surface area contributed by atoms with Crippen LogP contribution in [0.2, 0.25) is 0 Å². The van der Waals surface area contributed by atoms with E-state index in [0.29, 0.717) is 22.7 Å². The third-order valence-corrected chi connectivity index (χ3v) is 3.03. The molecule has 21 heavy (non-hydrogen) atoms. The molecule has 1 heterocycles. The van der Waals surface area contributed by atoms with Gasteiger partial charge in [-0.05, 0) is 30.3 Å². The fourth-order valence-corrected chi connectivity index (χ4v) is 2.00. The van der Waals surface area contributed by atoms with Crippen LogP contribution in [0.1, 0.15) is 10.4 Å². The first-order chi connectivity index (χ1) is 10.1. The number of rotatable bonds is 2. The Morgan fingerprint density at radius 3 is 2.86 bits per heavy atom. The molecule has 0 atom stereocenters. The van der Waals surface area contributed by atoms with Crippen molar-refractivity contribution in [3.8, 4) is 11.5 Å². The van der Waals surface area contributed by atoms with Crippen LogP contribution in [0.4, 0.5) is 11.4 Å². The van der Waals surface area contributed by atoms with E-state index in [0.717, 1.165) is 0 Å². The van der Waals surface area contributed by atoms with Crippen molar-refractivity contribution in [3.63, 3.8) is 0 Å². The van der Waals surface area contributed by atoms with Crippen LogP contribution in [0.25, 0.3) is 0 Å². The van der Waals surface area contributed by atoms with Crippen molar-refractivity contribution in [1.29, 1.82) is 0 Å². The molecule has 0 fully saturated rings. The Bertz CT molecular complexity index is 727. The number of hydrogen-bond acceptors (Lipinski definition) is 4. The van der Waals surface area contributed by atoms with Crippen molar-refractivity contribution in [3.05, 3.63) is 48.0 Å². The highest BCUT2D eigenvalue weighted by atomic mass is 16.5. The zero-order valence-electron chi connectivity index (χ0n) is 10.9. The molecule has 3 N–H and O–H groups in total. The second-order valence-corrected chi connectivity index (χ2v) is 4.52. The minimum absolute atomic E-state index is 0.0135. The zero-order chi connectivity index (χ0) is 14.8. The first kappa shape index (κ1) is 13.0. The van der Waals surface area contributed by atoms with Crippen molar-refractivity contribution in [2.24, 2.45) is 0 Å². The molecule has 2 aromatic rings. The lowest BCUT2D eigenvalue weighted by Crippen LogP contribution is -2.25. The lowest BCUT2D eigenvalue weighted by Gasteiger charge is -2.18. The molecule has 0 unspecified atom stereocenters. The van der Waals surface area contributed by atoms with Crippen LogP contribution in [0.3, 0.4) is 0 Å². The smallest absolute Gasteiger partial charge is 0.262 e. The maximum absolute atomic E-state index is 12.2. The van der Waals surface area contributed by atoms with E-state index < -0.39 is 0 Å². The number of benzene rings is 2. The summed E-state index contributed by atoms with van der Waals surface area (Å²) in [4.78, 5) is 23.4.